The Morgan fingerprint density at radius 2 is 1.55 bits per heavy atom. The quantitative estimate of drug-likeness (QED) is 0.188. The van der Waals surface area contributed by atoms with E-state index in [1.807, 2.05) is 55.5 Å². The second-order valence-electron chi connectivity index (χ2n) is 12.2. The van der Waals surface area contributed by atoms with Crippen LogP contribution in [0.25, 0.3) is 0 Å². The van der Waals surface area contributed by atoms with E-state index in [0.29, 0.717) is 22.5 Å². The fourth-order valence-electron chi connectivity index (χ4n) is 6.08. The van der Waals surface area contributed by atoms with Gasteiger partial charge in [0, 0.05) is 55.9 Å². The Morgan fingerprint density at radius 1 is 0.872 bits per heavy atom. The zero-order valence-electron chi connectivity index (χ0n) is 27.2. The molecule has 0 amide bonds. The number of piperazine rings is 1. The average molecular weight is 677 g/mol. The third-order valence-electron chi connectivity index (χ3n) is 8.68. The van der Waals surface area contributed by atoms with Crippen molar-refractivity contribution in [2.24, 2.45) is 0 Å². The Hall–Kier alpha value is -3.65. The summed E-state index contributed by atoms with van der Waals surface area (Å²) in [6, 6.07) is 18.1. The smallest absolute Gasteiger partial charge is 0.204 e. The van der Waals surface area contributed by atoms with E-state index in [4.69, 9.17) is 14.7 Å². The minimum atomic E-state index is -3.48. The van der Waals surface area contributed by atoms with Gasteiger partial charge in [-0.25, -0.2) is 18.4 Å². The summed E-state index contributed by atoms with van der Waals surface area (Å²) in [7, 11) is -1.84. The Bertz CT molecular complexity index is 1700. The van der Waals surface area contributed by atoms with E-state index in [9.17, 15) is 8.42 Å². The van der Waals surface area contributed by atoms with Crippen molar-refractivity contribution in [3.05, 3.63) is 71.9 Å². The van der Waals surface area contributed by atoms with Crippen LogP contribution in [0.5, 0.6) is 5.75 Å². The molecule has 6 rings (SSSR count). The molecule has 2 aromatic heterocycles. The van der Waals surface area contributed by atoms with Crippen molar-refractivity contribution < 1.29 is 13.2 Å². The number of nitrogens with one attached hydrogen (secondary N) is 2. The van der Waals surface area contributed by atoms with Crippen LogP contribution in [0.3, 0.4) is 0 Å². The summed E-state index contributed by atoms with van der Waals surface area (Å²) in [6.07, 6.45) is 5.34. The molecule has 0 spiro atoms. The SMILES string of the molecule is COc1c(Nc2cc(C)[nH]n2)nc(Sc2ccc(S(=O)(=O)Cc3ccccc3)cc2)nc1N1CCN(CCN2CCCCCC2)CC1. The summed E-state index contributed by atoms with van der Waals surface area (Å²) in [6.45, 7) is 10.1. The number of methoxy groups -OCH3 is 1. The molecule has 250 valence electrons. The summed E-state index contributed by atoms with van der Waals surface area (Å²) >= 11 is 1.38. The molecule has 0 unspecified atom stereocenters. The number of nitrogens with zero attached hydrogens (tertiary/aromatic N) is 6. The molecule has 4 heterocycles. The van der Waals surface area contributed by atoms with Gasteiger partial charge in [0.1, 0.15) is 0 Å². The highest BCUT2D eigenvalue weighted by Crippen LogP contribution is 2.38. The van der Waals surface area contributed by atoms with E-state index in [0.717, 1.165) is 61.2 Å². The molecule has 2 aliphatic rings. The molecule has 4 aromatic rings. The molecule has 0 saturated carbocycles. The zero-order valence-corrected chi connectivity index (χ0v) is 28.8. The Labute approximate surface area is 282 Å². The molecule has 2 fully saturated rings. The van der Waals surface area contributed by atoms with Gasteiger partial charge in [-0.2, -0.15) is 5.10 Å². The third-order valence-corrected chi connectivity index (χ3v) is 11.3. The van der Waals surface area contributed by atoms with E-state index in [2.05, 4.69) is 30.2 Å². The number of likely N-dealkylation sites (tertiary alicyclic amines) is 1. The first-order chi connectivity index (χ1) is 22.9. The van der Waals surface area contributed by atoms with Crippen LogP contribution in [0, 0.1) is 6.92 Å². The molecule has 13 heteroatoms. The van der Waals surface area contributed by atoms with Crippen molar-refractivity contribution in [1.82, 2.24) is 30.0 Å². The molecule has 0 aliphatic carbocycles. The Morgan fingerprint density at radius 3 is 2.19 bits per heavy atom. The molecule has 2 aromatic carbocycles. The van der Waals surface area contributed by atoms with Crippen LogP contribution in [0.2, 0.25) is 0 Å². The number of aryl methyl sites for hydroxylation is 1. The summed E-state index contributed by atoms with van der Waals surface area (Å²) in [5, 5.41) is 11.2. The number of hydrogen-bond acceptors (Lipinski definition) is 11. The van der Waals surface area contributed by atoms with Gasteiger partial charge in [0.25, 0.3) is 0 Å². The van der Waals surface area contributed by atoms with E-state index < -0.39 is 9.84 Å². The van der Waals surface area contributed by atoms with Crippen LogP contribution >= 0.6 is 11.8 Å². The summed E-state index contributed by atoms with van der Waals surface area (Å²) in [4.78, 5) is 18.4. The first kappa shape index (κ1) is 33.3. The number of rotatable bonds is 12. The summed E-state index contributed by atoms with van der Waals surface area (Å²) in [5.41, 5.74) is 1.68. The second kappa shape index (κ2) is 15.5. The number of ether oxygens (including phenoxy) is 1. The van der Waals surface area contributed by atoms with Crippen LogP contribution in [-0.2, 0) is 15.6 Å². The van der Waals surface area contributed by atoms with Crippen molar-refractivity contribution in [2.45, 2.75) is 53.3 Å². The molecule has 11 nitrogen and oxygen atoms in total. The number of H-pyrrole nitrogens is 1. The lowest BCUT2D eigenvalue weighted by Crippen LogP contribution is -2.49. The molecule has 2 aliphatic heterocycles. The lowest BCUT2D eigenvalue weighted by Gasteiger charge is -2.37. The van der Waals surface area contributed by atoms with Gasteiger partial charge in [0.05, 0.1) is 17.8 Å². The summed E-state index contributed by atoms with van der Waals surface area (Å²) < 4.78 is 32.1. The predicted molar refractivity (Wildman–Crippen MR) is 187 cm³/mol. The van der Waals surface area contributed by atoms with Crippen molar-refractivity contribution in [3.8, 4) is 5.75 Å². The van der Waals surface area contributed by atoms with E-state index in [-0.39, 0.29) is 10.6 Å². The molecule has 47 heavy (non-hydrogen) atoms. The summed E-state index contributed by atoms with van der Waals surface area (Å²) in [5.74, 6) is 2.41. The number of anilines is 3. The number of aromatic nitrogens is 4. The normalized spacial score (nSPS) is 16.6. The average Bonchev–Trinajstić information content (AvgIpc) is 3.31. The monoisotopic (exact) mass is 676 g/mol. The van der Waals surface area contributed by atoms with Crippen LogP contribution in [-0.4, -0.2) is 97.9 Å². The van der Waals surface area contributed by atoms with E-state index in [1.54, 1.807) is 19.2 Å². The maximum atomic E-state index is 13.1. The minimum absolute atomic E-state index is 0.0432. The zero-order chi connectivity index (χ0) is 32.6. The van der Waals surface area contributed by atoms with Crippen molar-refractivity contribution in [3.63, 3.8) is 0 Å². The predicted octanol–water partition coefficient (Wildman–Crippen LogP) is 5.38. The maximum Gasteiger partial charge on any atom is 0.204 e. The fourth-order valence-corrected chi connectivity index (χ4v) is 8.18. The lowest BCUT2D eigenvalue weighted by atomic mass is 10.2. The molecular weight excluding hydrogens is 633 g/mol. The standard InChI is InChI=1S/C34H44N8O3S2/c1-26-24-30(39-38-26)35-32-31(45-2)33(42-22-20-41(21-23-42)19-18-40-16-8-3-4-9-17-40)37-34(36-32)46-28-12-14-29(15-13-28)47(43,44)25-27-10-6-5-7-11-27/h5-7,10-15,24H,3-4,8-9,16-23,25H2,1-2H3,(H2,35,36,37,38,39). The van der Waals surface area contributed by atoms with Gasteiger partial charge < -0.3 is 19.9 Å². The van der Waals surface area contributed by atoms with Crippen molar-refractivity contribution in [1.29, 1.82) is 0 Å². The van der Waals surface area contributed by atoms with Gasteiger partial charge >= 0.3 is 0 Å². The molecule has 2 saturated heterocycles. The third kappa shape index (κ3) is 8.83. The highest BCUT2D eigenvalue weighted by molar-refractivity contribution is 7.99. The van der Waals surface area contributed by atoms with E-state index >= 15 is 0 Å². The molecule has 0 bridgehead atoms. The van der Waals surface area contributed by atoms with Gasteiger partial charge in [-0.05, 0) is 74.4 Å². The molecular formula is C34H44N8O3S2. The van der Waals surface area contributed by atoms with Crippen LogP contribution in [0.4, 0.5) is 17.5 Å². The molecule has 0 atom stereocenters. The van der Waals surface area contributed by atoms with E-state index in [1.165, 1.54) is 50.5 Å². The lowest BCUT2D eigenvalue weighted by molar-refractivity contribution is 0.199. The number of benzene rings is 2. The number of hydrogen-bond donors (Lipinski definition) is 2. The van der Waals surface area contributed by atoms with Gasteiger partial charge in [0.2, 0.25) is 5.75 Å². The highest BCUT2D eigenvalue weighted by atomic mass is 32.2. The number of aromatic amines is 1. The first-order valence-corrected chi connectivity index (χ1v) is 18.8. The van der Waals surface area contributed by atoms with Gasteiger partial charge in [-0.15, -0.1) is 0 Å². The van der Waals surface area contributed by atoms with Crippen LogP contribution in [0.15, 0.2) is 75.6 Å². The Balaban J connectivity index is 1.19. The molecule has 0 radical (unpaired) electrons. The minimum Gasteiger partial charge on any atom is -0.490 e. The largest absolute Gasteiger partial charge is 0.490 e. The van der Waals surface area contributed by atoms with Gasteiger partial charge in [-0.3, -0.25) is 10.00 Å². The van der Waals surface area contributed by atoms with Crippen LogP contribution < -0.4 is 15.0 Å². The second-order valence-corrected chi connectivity index (χ2v) is 15.2. The van der Waals surface area contributed by atoms with Gasteiger partial charge in [-0.1, -0.05) is 43.2 Å². The Kier molecular flexibility index (Phi) is 11.0. The number of sulfone groups is 1. The van der Waals surface area contributed by atoms with Crippen molar-refractivity contribution >= 4 is 39.1 Å². The van der Waals surface area contributed by atoms with Crippen LogP contribution in [0.1, 0.15) is 36.9 Å². The maximum absolute atomic E-state index is 13.1. The topological polar surface area (TPSA) is 120 Å². The fraction of sp³-hybridized carbons (Fsp3) is 0.441. The van der Waals surface area contributed by atoms with Gasteiger partial charge in [0.15, 0.2) is 32.4 Å². The molecule has 2 N–H and O–H groups in total. The first-order valence-electron chi connectivity index (χ1n) is 16.4. The highest BCUT2D eigenvalue weighted by Gasteiger charge is 2.26. The van der Waals surface area contributed by atoms with Crippen molar-refractivity contribution in [2.75, 3.05) is 69.7 Å².